The van der Waals surface area contributed by atoms with E-state index in [0.29, 0.717) is 0 Å². The standard InChI is InChI=1S/C28H31BN/c1-18-14-20(3)26(21(4)15-18)29(27-22(5)16-19(2)17-23(27)6)25-12-8-10-24-11-9-13-30(7)28(24)25/h8-17H,1-7H3/q+1. The highest BCUT2D eigenvalue weighted by atomic mass is 14.9. The average Bonchev–Trinajstić information content (AvgIpc) is 2.65. The van der Waals surface area contributed by atoms with E-state index in [4.69, 9.17) is 0 Å². The van der Waals surface area contributed by atoms with E-state index in [2.05, 4.69) is 114 Å². The van der Waals surface area contributed by atoms with E-state index in [0.717, 1.165) is 0 Å². The zero-order chi connectivity index (χ0) is 21.6. The quantitative estimate of drug-likeness (QED) is 0.366. The first-order chi connectivity index (χ1) is 14.3. The van der Waals surface area contributed by atoms with Crippen molar-refractivity contribution in [1.29, 1.82) is 0 Å². The molecule has 0 atom stereocenters. The fourth-order valence-electron chi connectivity index (χ4n) is 5.45. The number of rotatable bonds is 3. The molecular formula is C28H31BN+. The van der Waals surface area contributed by atoms with Gasteiger partial charge < -0.3 is 0 Å². The summed E-state index contributed by atoms with van der Waals surface area (Å²) in [4.78, 5) is 0. The molecule has 0 N–H and O–H groups in total. The van der Waals surface area contributed by atoms with E-state index in [1.54, 1.807) is 0 Å². The van der Waals surface area contributed by atoms with Crippen LogP contribution in [-0.4, -0.2) is 6.71 Å². The second-order valence-electron chi connectivity index (χ2n) is 8.96. The van der Waals surface area contributed by atoms with Gasteiger partial charge >= 0.3 is 0 Å². The van der Waals surface area contributed by atoms with Crippen LogP contribution in [0.2, 0.25) is 0 Å². The number of nitrogens with zero attached hydrogens (tertiary/aromatic N) is 1. The minimum Gasteiger partial charge on any atom is -0.201 e. The molecule has 0 fully saturated rings. The van der Waals surface area contributed by atoms with Crippen molar-refractivity contribution < 1.29 is 4.57 Å². The van der Waals surface area contributed by atoms with Gasteiger partial charge in [0.05, 0.1) is 0 Å². The highest BCUT2D eigenvalue weighted by Gasteiger charge is 2.32. The summed E-state index contributed by atoms with van der Waals surface area (Å²) in [6.07, 6.45) is 2.16. The van der Waals surface area contributed by atoms with Gasteiger partial charge in [-0.15, -0.1) is 0 Å². The van der Waals surface area contributed by atoms with Gasteiger partial charge in [0.1, 0.15) is 7.05 Å². The Bertz CT molecular complexity index is 1160. The fourth-order valence-corrected chi connectivity index (χ4v) is 5.45. The van der Waals surface area contributed by atoms with Crippen LogP contribution in [0.1, 0.15) is 33.4 Å². The third-order valence-corrected chi connectivity index (χ3v) is 6.40. The Morgan fingerprint density at radius 1 is 0.633 bits per heavy atom. The second kappa shape index (κ2) is 7.76. The van der Waals surface area contributed by atoms with Crippen molar-refractivity contribution in [2.24, 2.45) is 7.05 Å². The molecule has 150 valence electrons. The SMILES string of the molecule is Cc1cc(C)c(B(c2c(C)cc(C)cc2C)c2cccc3ccc[n+](C)c23)c(C)c1. The maximum absolute atomic E-state index is 2.33. The van der Waals surface area contributed by atoms with Gasteiger partial charge in [0.25, 0.3) is 6.71 Å². The van der Waals surface area contributed by atoms with Crippen LogP contribution in [0.4, 0.5) is 0 Å². The number of benzene rings is 3. The number of pyridine rings is 1. The van der Waals surface area contributed by atoms with Crippen LogP contribution < -0.4 is 21.0 Å². The van der Waals surface area contributed by atoms with Gasteiger partial charge in [0.2, 0.25) is 5.52 Å². The summed E-state index contributed by atoms with van der Waals surface area (Å²) in [5, 5.41) is 1.28. The predicted octanol–water partition coefficient (Wildman–Crippen LogP) is 4.03. The smallest absolute Gasteiger partial charge is 0.201 e. The Balaban J connectivity index is 2.15. The predicted molar refractivity (Wildman–Crippen MR) is 131 cm³/mol. The fraction of sp³-hybridized carbons (Fsp3) is 0.250. The van der Waals surface area contributed by atoms with Crippen LogP contribution in [0.3, 0.4) is 0 Å². The Morgan fingerprint density at radius 2 is 1.10 bits per heavy atom. The Morgan fingerprint density at radius 3 is 1.60 bits per heavy atom. The molecule has 0 saturated heterocycles. The Labute approximate surface area is 181 Å². The summed E-state index contributed by atoms with van der Waals surface area (Å²) >= 11 is 0. The zero-order valence-corrected chi connectivity index (χ0v) is 19.3. The van der Waals surface area contributed by atoms with Gasteiger partial charge in [-0.2, -0.15) is 0 Å². The summed E-state index contributed by atoms with van der Waals surface area (Å²) in [6.45, 7) is 13.7. The van der Waals surface area contributed by atoms with E-state index >= 15 is 0 Å². The molecule has 0 aliphatic heterocycles. The minimum atomic E-state index is 0.198. The number of fused-ring (bicyclic) bond motifs is 1. The number of aryl methyl sites for hydroxylation is 7. The van der Waals surface area contributed by atoms with Gasteiger partial charge in [-0.25, -0.2) is 4.57 Å². The van der Waals surface area contributed by atoms with Crippen molar-refractivity contribution in [2.75, 3.05) is 0 Å². The van der Waals surface area contributed by atoms with E-state index in [1.807, 2.05) is 0 Å². The molecule has 0 bridgehead atoms. The highest BCUT2D eigenvalue weighted by Crippen LogP contribution is 2.15. The number of para-hydroxylation sites is 1. The van der Waals surface area contributed by atoms with E-state index in [9.17, 15) is 0 Å². The van der Waals surface area contributed by atoms with Crippen molar-refractivity contribution >= 4 is 34.0 Å². The molecule has 0 aliphatic rings. The lowest BCUT2D eigenvalue weighted by Gasteiger charge is -2.24. The maximum Gasteiger partial charge on any atom is 0.251 e. The summed E-state index contributed by atoms with van der Waals surface area (Å²) in [5.74, 6) is 0. The van der Waals surface area contributed by atoms with E-state index < -0.39 is 0 Å². The zero-order valence-electron chi connectivity index (χ0n) is 19.3. The Kier molecular flexibility index (Phi) is 5.28. The molecule has 1 aromatic heterocycles. The van der Waals surface area contributed by atoms with Crippen LogP contribution in [0.25, 0.3) is 10.9 Å². The van der Waals surface area contributed by atoms with Crippen LogP contribution >= 0.6 is 0 Å². The van der Waals surface area contributed by atoms with Crippen molar-refractivity contribution in [3.63, 3.8) is 0 Å². The van der Waals surface area contributed by atoms with Crippen LogP contribution in [0, 0.1) is 41.5 Å². The van der Waals surface area contributed by atoms with Crippen LogP contribution in [0.15, 0.2) is 60.8 Å². The van der Waals surface area contributed by atoms with Crippen LogP contribution in [0.5, 0.6) is 0 Å². The first kappa shape index (κ1) is 20.4. The van der Waals surface area contributed by atoms with Gasteiger partial charge in [0.15, 0.2) is 6.20 Å². The Hall–Kier alpha value is -2.87. The number of hydrogen-bond acceptors (Lipinski definition) is 0. The number of aromatic nitrogens is 1. The molecule has 0 amide bonds. The first-order valence-corrected chi connectivity index (χ1v) is 10.8. The third kappa shape index (κ3) is 3.45. The van der Waals surface area contributed by atoms with Crippen molar-refractivity contribution in [1.82, 2.24) is 0 Å². The molecule has 2 heteroatoms. The highest BCUT2D eigenvalue weighted by molar-refractivity contribution is 6.97. The molecule has 1 nitrogen and oxygen atoms in total. The van der Waals surface area contributed by atoms with Crippen LogP contribution in [-0.2, 0) is 7.05 Å². The largest absolute Gasteiger partial charge is 0.251 e. The normalized spacial score (nSPS) is 11.2. The third-order valence-electron chi connectivity index (χ3n) is 6.40. The van der Waals surface area contributed by atoms with Gasteiger partial charge in [0, 0.05) is 16.9 Å². The lowest BCUT2D eigenvalue weighted by atomic mass is 9.34. The summed E-state index contributed by atoms with van der Waals surface area (Å²) in [5.41, 5.74) is 13.7. The molecular weight excluding hydrogens is 361 g/mol. The van der Waals surface area contributed by atoms with Gasteiger partial charge in [-0.05, 0) is 53.7 Å². The molecule has 3 aromatic carbocycles. The molecule has 0 unspecified atom stereocenters. The summed E-state index contributed by atoms with van der Waals surface area (Å²) in [6, 6.07) is 20.4. The topological polar surface area (TPSA) is 3.88 Å². The molecule has 0 spiro atoms. The van der Waals surface area contributed by atoms with E-state index in [-0.39, 0.29) is 6.71 Å². The molecule has 0 aliphatic carbocycles. The molecule has 1 heterocycles. The lowest BCUT2D eigenvalue weighted by Crippen LogP contribution is -2.57. The average molecular weight is 392 g/mol. The second-order valence-corrected chi connectivity index (χ2v) is 8.96. The molecule has 0 saturated carbocycles. The van der Waals surface area contributed by atoms with Crippen molar-refractivity contribution in [3.8, 4) is 0 Å². The molecule has 4 rings (SSSR count). The first-order valence-electron chi connectivity index (χ1n) is 10.8. The molecule has 4 aromatic rings. The van der Waals surface area contributed by atoms with Gasteiger partial charge in [-0.1, -0.05) is 80.7 Å². The molecule has 0 radical (unpaired) electrons. The molecule has 30 heavy (non-hydrogen) atoms. The van der Waals surface area contributed by atoms with Crippen molar-refractivity contribution in [2.45, 2.75) is 41.5 Å². The monoisotopic (exact) mass is 392 g/mol. The van der Waals surface area contributed by atoms with Gasteiger partial charge in [-0.3, -0.25) is 0 Å². The maximum atomic E-state index is 2.33. The summed E-state index contributed by atoms with van der Waals surface area (Å²) in [7, 11) is 2.16. The lowest BCUT2D eigenvalue weighted by molar-refractivity contribution is -0.644. The van der Waals surface area contributed by atoms with E-state index in [1.165, 1.54) is 60.7 Å². The number of hydrogen-bond donors (Lipinski definition) is 0. The minimum absolute atomic E-state index is 0.198. The summed E-state index contributed by atoms with van der Waals surface area (Å²) < 4.78 is 2.27. The van der Waals surface area contributed by atoms with Crippen molar-refractivity contribution in [3.05, 3.63) is 94.2 Å².